The molecule has 3 amide bonds. The number of anilines is 1. The van der Waals surface area contributed by atoms with Gasteiger partial charge in [0.25, 0.3) is 17.0 Å². The van der Waals surface area contributed by atoms with Gasteiger partial charge in [-0.05, 0) is 37.7 Å². The second kappa shape index (κ2) is 7.03. The Morgan fingerprint density at radius 3 is 2.50 bits per heavy atom. The van der Waals surface area contributed by atoms with Gasteiger partial charge in [-0.15, -0.1) is 0 Å². The zero-order valence-corrected chi connectivity index (χ0v) is 18.3. The smallest absolute Gasteiger partial charge is 0.417 e. The van der Waals surface area contributed by atoms with Crippen molar-refractivity contribution >= 4 is 41.0 Å². The van der Waals surface area contributed by atoms with Crippen LogP contribution in [-0.2, 0) is 31.2 Å². The molecule has 0 unspecified atom stereocenters. The van der Waals surface area contributed by atoms with Crippen molar-refractivity contribution in [3.8, 4) is 0 Å². The number of fused-ring (bicyclic) bond motifs is 2. The molecule has 1 spiro atoms. The van der Waals surface area contributed by atoms with Crippen LogP contribution in [0.4, 0.5) is 10.5 Å². The zero-order chi connectivity index (χ0) is 22.7. The molecule has 164 valence electrons. The molecular weight excluding hydrogens is 430 g/mol. The number of thiocarbonyl (C=S) groups is 1. The fourth-order valence-electron chi connectivity index (χ4n) is 4.57. The molecule has 0 bridgehead atoms. The fraction of sp³-hybridized carbons (Fsp3) is 0.304. The first kappa shape index (κ1) is 20.4. The van der Waals surface area contributed by atoms with Crippen LogP contribution >= 0.6 is 12.2 Å². The van der Waals surface area contributed by atoms with Crippen LogP contribution in [0.15, 0.2) is 54.6 Å². The highest BCUT2D eigenvalue weighted by Crippen LogP contribution is 2.48. The second-order valence-electron chi connectivity index (χ2n) is 8.64. The highest BCUT2D eigenvalue weighted by molar-refractivity contribution is 7.80. The minimum atomic E-state index is -1.71. The maximum atomic E-state index is 13.9. The number of benzene rings is 2. The van der Waals surface area contributed by atoms with Gasteiger partial charge >= 0.3 is 6.09 Å². The maximum absolute atomic E-state index is 13.9. The number of rotatable bonds is 3. The molecule has 0 radical (unpaired) electrons. The number of hydrogen-bond acceptors (Lipinski definition) is 6. The Morgan fingerprint density at radius 1 is 1.12 bits per heavy atom. The van der Waals surface area contributed by atoms with Crippen molar-refractivity contribution in [2.45, 2.75) is 37.6 Å². The van der Waals surface area contributed by atoms with Crippen LogP contribution < -0.4 is 10.2 Å². The van der Waals surface area contributed by atoms with E-state index >= 15 is 0 Å². The minimum Gasteiger partial charge on any atom is -0.447 e. The summed E-state index contributed by atoms with van der Waals surface area (Å²) in [6, 6.07) is 15.5. The number of ether oxygens (including phenoxy) is 2. The Balaban J connectivity index is 1.60. The van der Waals surface area contributed by atoms with E-state index in [1.54, 1.807) is 30.9 Å². The Hall–Kier alpha value is -3.46. The van der Waals surface area contributed by atoms with Crippen LogP contribution in [0.2, 0.25) is 0 Å². The summed E-state index contributed by atoms with van der Waals surface area (Å²) in [6.07, 6.45) is -0.755. The molecule has 0 aromatic heterocycles. The van der Waals surface area contributed by atoms with Gasteiger partial charge in [-0.2, -0.15) is 0 Å². The van der Waals surface area contributed by atoms with Gasteiger partial charge in [0.15, 0.2) is 6.04 Å². The van der Waals surface area contributed by atoms with E-state index in [1.165, 1.54) is 0 Å². The summed E-state index contributed by atoms with van der Waals surface area (Å²) in [6.45, 7) is 3.81. The number of carbonyl (C=O) groups excluding carboxylic acids is 3. The molecule has 2 aromatic carbocycles. The molecule has 5 rings (SSSR count). The average molecular weight is 452 g/mol. The van der Waals surface area contributed by atoms with Crippen molar-refractivity contribution in [1.82, 2.24) is 10.2 Å². The molecule has 2 atom stereocenters. The van der Waals surface area contributed by atoms with Gasteiger partial charge in [0.1, 0.15) is 6.61 Å². The number of para-hydroxylation sites is 1. The maximum Gasteiger partial charge on any atom is 0.417 e. The molecule has 8 nitrogen and oxygen atoms in total. The van der Waals surface area contributed by atoms with E-state index < -0.39 is 35.1 Å². The number of carbonyl (C=O) groups is 3. The summed E-state index contributed by atoms with van der Waals surface area (Å²) in [4.78, 5) is 42.6. The lowest BCUT2D eigenvalue weighted by Gasteiger charge is -2.32. The van der Waals surface area contributed by atoms with Crippen molar-refractivity contribution in [3.05, 3.63) is 65.7 Å². The van der Waals surface area contributed by atoms with Crippen LogP contribution in [0.1, 0.15) is 25.0 Å². The lowest BCUT2D eigenvalue weighted by atomic mass is 9.86. The second-order valence-corrected chi connectivity index (χ2v) is 9.01. The Kier molecular flexibility index (Phi) is 4.49. The molecule has 3 heterocycles. The predicted molar refractivity (Wildman–Crippen MR) is 119 cm³/mol. The number of imide groups is 1. The SMILES string of the molecule is CC1(C)COC(=O)N1C(=O)[C@H]1NC(=S)O[C@@]12C(=O)N(Cc1ccccc1)c1ccccc12. The number of cyclic esters (lactones) is 1. The molecule has 2 aromatic rings. The third-order valence-corrected chi connectivity index (χ3v) is 6.27. The highest BCUT2D eigenvalue weighted by atomic mass is 32.1. The normalized spacial score (nSPS) is 25.6. The predicted octanol–water partition coefficient (Wildman–Crippen LogP) is 2.46. The summed E-state index contributed by atoms with van der Waals surface area (Å²) >= 11 is 5.25. The third-order valence-electron chi connectivity index (χ3n) is 6.07. The van der Waals surface area contributed by atoms with E-state index in [-0.39, 0.29) is 11.8 Å². The zero-order valence-electron chi connectivity index (χ0n) is 17.5. The van der Waals surface area contributed by atoms with Gasteiger partial charge in [0.2, 0.25) is 5.60 Å². The number of nitrogens with one attached hydrogen (secondary N) is 1. The summed E-state index contributed by atoms with van der Waals surface area (Å²) in [5.74, 6) is -1.04. The van der Waals surface area contributed by atoms with Crippen molar-refractivity contribution in [3.63, 3.8) is 0 Å². The largest absolute Gasteiger partial charge is 0.447 e. The van der Waals surface area contributed by atoms with E-state index in [2.05, 4.69) is 5.32 Å². The van der Waals surface area contributed by atoms with E-state index in [1.807, 2.05) is 42.5 Å². The van der Waals surface area contributed by atoms with Gasteiger partial charge in [-0.1, -0.05) is 48.5 Å². The molecule has 3 aliphatic rings. The molecule has 0 aliphatic carbocycles. The number of nitrogens with zero attached hydrogens (tertiary/aromatic N) is 2. The molecule has 9 heteroatoms. The molecule has 3 aliphatic heterocycles. The Labute approximate surface area is 190 Å². The highest BCUT2D eigenvalue weighted by Gasteiger charge is 2.66. The molecule has 2 saturated heterocycles. The summed E-state index contributed by atoms with van der Waals surface area (Å²) in [7, 11) is 0. The minimum absolute atomic E-state index is 0.0628. The number of amides is 3. The fourth-order valence-corrected chi connectivity index (χ4v) is 4.82. The van der Waals surface area contributed by atoms with E-state index in [4.69, 9.17) is 21.7 Å². The first-order valence-electron chi connectivity index (χ1n) is 10.2. The van der Waals surface area contributed by atoms with Crippen LogP contribution in [0, 0.1) is 0 Å². The van der Waals surface area contributed by atoms with E-state index in [9.17, 15) is 14.4 Å². The molecular formula is C23H21N3O5S. The number of hydrogen-bond donors (Lipinski definition) is 1. The van der Waals surface area contributed by atoms with Crippen molar-refractivity contribution in [2.75, 3.05) is 11.5 Å². The first-order valence-corrected chi connectivity index (χ1v) is 10.6. The summed E-state index contributed by atoms with van der Waals surface area (Å²) in [5.41, 5.74) is -0.496. The molecule has 1 N–H and O–H groups in total. The Morgan fingerprint density at radius 2 is 1.81 bits per heavy atom. The quantitative estimate of drug-likeness (QED) is 0.718. The summed E-state index contributed by atoms with van der Waals surface area (Å²) < 4.78 is 11.0. The van der Waals surface area contributed by atoms with Crippen LogP contribution in [0.25, 0.3) is 0 Å². The standard InChI is InChI=1S/C23H21N3O5S/c1-22(2)13-30-21(29)26(22)18(27)17-23(31-20(32)24-17)15-10-6-7-11-16(15)25(19(23)28)12-14-8-4-3-5-9-14/h3-11,17H,12-13H2,1-2H3,(H,24,32)/t17-,23-/m1/s1. The lowest BCUT2D eigenvalue weighted by Crippen LogP contribution is -2.60. The monoisotopic (exact) mass is 451 g/mol. The average Bonchev–Trinajstić information content (AvgIpc) is 3.35. The topological polar surface area (TPSA) is 88.2 Å². The third kappa shape index (κ3) is 2.81. The molecule has 2 fully saturated rings. The first-order chi connectivity index (χ1) is 15.3. The van der Waals surface area contributed by atoms with Crippen molar-refractivity contribution < 1.29 is 23.9 Å². The molecule has 32 heavy (non-hydrogen) atoms. The van der Waals surface area contributed by atoms with Gasteiger partial charge in [-0.25, -0.2) is 9.69 Å². The summed E-state index contributed by atoms with van der Waals surface area (Å²) in [5, 5.41) is 2.77. The van der Waals surface area contributed by atoms with Gasteiger partial charge in [-0.3, -0.25) is 9.59 Å². The van der Waals surface area contributed by atoms with E-state index in [0.717, 1.165) is 10.5 Å². The van der Waals surface area contributed by atoms with Crippen molar-refractivity contribution in [1.29, 1.82) is 0 Å². The lowest BCUT2D eigenvalue weighted by molar-refractivity contribution is -0.145. The van der Waals surface area contributed by atoms with Gasteiger partial charge in [0, 0.05) is 5.56 Å². The van der Waals surface area contributed by atoms with Gasteiger partial charge < -0.3 is 19.7 Å². The van der Waals surface area contributed by atoms with E-state index in [0.29, 0.717) is 17.8 Å². The Bertz CT molecular complexity index is 1150. The van der Waals surface area contributed by atoms with Crippen LogP contribution in [0.5, 0.6) is 0 Å². The van der Waals surface area contributed by atoms with Crippen LogP contribution in [-0.4, -0.2) is 46.2 Å². The molecule has 0 saturated carbocycles. The van der Waals surface area contributed by atoms with Crippen molar-refractivity contribution in [2.24, 2.45) is 0 Å². The van der Waals surface area contributed by atoms with Gasteiger partial charge in [0.05, 0.1) is 17.8 Å². The van der Waals surface area contributed by atoms with Crippen LogP contribution in [0.3, 0.4) is 0 Å².